The quantitative estimate of drug-likeness (QED) is 0.817. The van der Waals surface area contributed by atoms with E-state index in [1.807, 2.05) is 6.92 Å². The molecular weight excluding hydrogens is 282 g/mol. The molecule has 3 unspecified atom stereocenters. The first kappa shape index (κ1) is 15.7. The first-order valence-electron chi connectivity index (χ1n) is 7.20. The van der Waals surface area contributed by atoms with E-state index >= 15 is 0 Å². The van der Waals surface area contributed by atoms with Crippen molar-refractivity contribution in [3.8, 4) is 0 Å². The van der Waals surface area contributed by atoms with Crippen LogP contribution in [0.2, 0.25) is 0 Å². The molecule has 6 nitrogen and oxygen atoms in total. The minimum absolute atomic E-state index is 0.0949. The Labute approximate surface area is 120 Å². The molecule has 2 rings (SSSR count). The molecule has 0 saturated carbocycles. The molecule has 20 heavy (non-hydrogen) atoms. The Morgan fingerprint density at radius 2 is 2.10 bits per heavy atom. The summed E-state index contributed by atoms with van der Waals surface area (Å²) in [6, 6.07) is -0.101. The van der Waals surface area contributed by atoms with Crippen LogP contribution in [-0.4, -0.2) is 55.4 Å². The molecule has 3 atom stereocenters. The molecule has 2 heterocycles. The van der Waals surface area contributed by atoms with Gasteiger partial charge in [0.2, 0.25) is 10.0 Å². The second kappa shape index (κ2) is 6.41. The summed E-state index contributed by atoms with van der Waals surface area (Å²) >= 11 is 0. The van der Waals surface area contributed by atoms with E-state index in [0.29, 0.717) is 38.4 Å². The van der Waals surface area contributed by atoms with Crippen molar-refractivity contribution in [2.75, 3.05) is 25.5 Å². The number of rotatable bonds is 5. The van der Waals surface area contributed by atoms with Gasteiger partial charge in [-0.25, -0.2) is 8.42 Å². The zero-order valence-electron chi connectivity index (χ0n) is 11.8. The zero-order chi connectivity index (χ0) is 14.8. The number of carboxylic acid groups (broad SMARTS) is 1. The lowest BCUT2D eigenvalue weighted by molar-refractivity contribution is -0.143. The van der Waals surface area contributed by atoms with Crippen molar-refractivity contribution in [1.82, 2.24) is 4.31 Å². The summed E-state index contributed by atoms with van der Waals surface area (Å²) in [7, 11) is -3.37. The van der Waals surface area contributed by atoms with E-state index in [2.05, 4.69) is 0 Å². The molecule has 7 heteroatoms. The number of hydrogen-bond donors (Lipinski definition) is 1. The number of nitrogens with zero attached hydrogens (tertiary/aromatic N) is 1. The summed E-state index contributed by atoms with van der Waals surface area (Å²) in [4.78, 5) is 11.1. The van der Waals surface area contributed by atoms with Crippen LogP contribution in [0.25, 0.3) is 0 Å². The molecule has 0 aromatic heterocycles. The second-order valence-electron chi connectivity index (χ2n) is 5.87. The maximum atomic E-state index is 12.4. The third-order valence-corrected chi connectivity index (χ3v) is 6.31. The molecule has 0 amide bonds. The van der Waals surface area contributed by atoms with Gasteiger partial charge in [-0.1, -0.05) is 0 Å². The van der Waals surface area contributed by atoms with Crippen molar-refractivity contribution in [3.05, 3.63) is 0 Å². The third kappa shape index (κ3) is 3.71. The summed E-state index contributed by atoms with van der Waals surface area (Å²) in [5.41, 5.74) is 0. The lowest BCUT2D eigenvalue weighted by Crippen LogP contribution is -2.48. The van der Waals surface area contributed by atoms with Gasteiger partial charge in [-0.15, -0.1) is 0 Å². The van der Waals surface area contributed by atoms with Crippen molar-refractivity contribution in [2.45, 2.75) is 38.6 Å². The first-order valence-corrected chi connectivity index (χ1v) is 8.81. The standard InChI is InChI=1S/C13H23NO5S/c1-10-2-3-12(13(15)16)8-14(10)20(17,18)7-5-11-4-6-19-9-11/h10-12H,2-9H2,1H3,(H,15,16). The number of sulfonamides is 1. The number of ether oxygens (including phenoxy) is 1. The molecule has 2 aliphatic rings. The van der Waals surface area contributed by atoms with E-state index in [1.54, 1.807) is 0 Å². The molecule has 1 N–H and O–H groups in total. The van der Waals surface area contributed by atoms with E-state index in [9.17, 15) is 13.2 Å². The maximum absolute atomic E-state index is 12.4. The van der Waals surface area contributed by atoms with Crippen molar-refractivity contribution >= 4 is 16.0 Å². The number of carbonyl (C=O) groups is 1. The van der Waals surface area contributed by atoms with E-state index in [1.165, 1.54) is 4.31 Å². The fraction of sp³-hybridized carbons (Fsp3) is 0.923. The van der Waals surface area contributed by atoms with E-state index in [0.717, 1.165) is 6.42 Å². The lowest BCUT2D eigenvalue weighted by Gasteiger charge is -2.35. The largest absolute Gasteiger partial charge is 0.481 e. The number of aliphatic carboxylic acids is 1. The Balaban J connectivity index is 1.96. The molecule has 2 fully saturated rings. The molecule has 0 radical (unpaired) electrons. The van der Waals surface area contributed by atoms with Crippen LogP contribution in [0.5, 0.6) is 0 Å². The smallest absolute Gasteiger partial charge is 0.307 e. The van der Waals surface area contributed by atoms with Crippen LogP contribution in [0.4, 0.5) is 0 Å². The number of carboxylic acids is 1. The van der Waals surface area contributed by atoms with Crippen LogP contribution in [0.1, 0.15) is 32.6 Å². The predicted octanol–water partition coefficient (Wildman–Crippen LogP) is 0.928. The SMILES string of the molecule is CC1CCC(C(=O)O)CN1S(=O)(=O)CCC1CCOC1. The van der Waals surface area contributed by atoms with Crippen molar-refractivity contribution in [2.24, 2.45) is 11.8 Å². The van der Waals surface area contributed by atoms with Crippen LogP contribution < -0.4 is 0 Å². The first-order chi connectivity index (χ1) is 9.40. The monoisotopic (exact) mass is 305 g/mol. The van der Waals surface area contributed by atoms with Crippen LogP contribution in [0.3, 0.4) is 0 Å². The third-order valence-electron chi connectivity index (χ3n) is 4.34. The van der Waals surface area contributed by atoms with Crippen molar-refractivity contribution < 1.29 is 23.1 Å². The summed E-state index contributed by atoms with van der Waals surface area (Å²) in [6.45, 7) is 3.32. The van der Waals surface area contributed by atoms with Gasteiger partial charge >= 0.3 is 5.97 Å². The molecule has 0 aromatic rings. The van der Waals surface area contributed by atoms with Gasteiger partial charge in [0.1, 0.15) is 0 Å². The Hall–Kier alpha value is -0.660. The van der Waals surface area contributed by atoms with Crippen LogP contribution in [0, 0.1) is 11.8 Å². The van der Waals surface area contributed by atoms with Gasteiger partial charge < -0.3 is 9.84 Å². The number of piperidine rings is 1. The average molecular weight is 305 g/mol. The van der Waals surface area contributed by atoms with E-state index < -0.39 is 21.9 Å². The van der Waals surface area contributed by atoms with Crippen LogP contribution in [0.15, 0.2) is 0 Å². The average Bonchev–Trinajstić information content (AvgIpc) is 2.89. The molecule has 0 bridgehead atoms. The fourth-order valence-electron chi connectivity index (χ4n) is 2.91. The predicted molar refractivity (Wildman–Crippen MR) is 73.9 cm³/mol. The summed E-state index contributed by atoms with van der Waals surface area (Å²) < 4.78 is 31.5. The van der Waals surface area contributed by atoms with Gasteiger partial charge in [0.15, 0.2) is 0 Å². The van der Waals surface area contributed by atoms with Crippen molar-refractivity contribution in [1.29, 1.82) is 0 Å². The minimum atomic E-state index is -3.37. The highest BCUT2D eigenvalue weighted by Gasteiger charge is 2.36. The molecule has 0 aromatic carbocycles. The van der Waals surface area contributed by atoms with E-state index in [4.69, 9.17) is 9.84 Å². The van der Waals surface area contributed by atoms with Crippen molar-refractivity contribution in [3.63, 3.8) is 0 Å². The van der Waals surface area contributed by atoms with Gasteiger partial charge in [0.25, 0.3) is 0 Å². The Morgan fingerprint density at radius 1 is 1.35 bits per heavy atom. The zero-order valence-corrected chi connectivity index (χ0v) is 12.6. The lowest BCUT2D eigenvalue weighted by atomic mass is 9.96. The highest BCUT2D eigenvalue weighted by molar-refractivity contribution is 7.89. The summed E-state index contributed by atoms with van der Waals surface area (Å²) in [5.74, 6) is -1.06. The van der Waals surface area contributed by atoms with Gasteiger partial charge in [0.05, 0.1) is 11.7 Å². The van der Waals surface area contributed by atoms with Gasteiger partial charge in [-0.05, 0) is 38.5 Å². The Kier molecular flexibility index (Phi) is 5.04. The fourth-order valence-corrected chi connectivity index (χ4v) is 4.83. The normalized spacial score (nSPS) is 32.4. The highest BCUT2D eigenvalue weighted by atomic mass is 32.2. The molecule has 0 spiro atoms. The maximum Gasteiger partial charge on any atom is 0.307 e. The Bertz CT molecular complexity index is 444. The Morgan fingerprint density at radius 3 is 2.70 bits per heavy atom. The number of hydrogen-bond acceptors (Lipinski definition) is 4. The molecule has 2 saturated heterocycles. The van der Waals surface area contributed by atoms with Gasteiger partial charge in [0, 0.05) is 25.8 Å². The van der Waals surface area contributed by atoms with Crippen LogP contribution in [-0.2, 0) is 19.6 Å². The summed E-state index contributed by atoms with van der Waals surface area (Å²) in [5, 5.41) is 9.07. The second-order valence-corrected chi connectivity index (χ2v) is 7.91. The topological polar surface area (TPSA) is 83.9 Å². The van der Waals surface area contributed by atoms with Crippen LogP contribution >= 0.6 is 0 Å². The van der Waals surface area contributed by atoms with E-state index in [-0.39, 0.29) is 18.3 Å². The molecule has 2 aliphatic heterocycles. The van der Waals surface area contributed by atoms with Gasteiger partial charge in [-0.3, -0.25) is 4.79 Å². The summed E-state index contributed by atoms with van der Waals surface area (Å²) in [6.07, 6.45) is 2.69. The molecular formula is C13H23NO5S. The van der Waals surface area contributed by atoms with Gasteiger partial charge in [-0.2, -0.15) is 4.31 Å². The minimum Gasteiger partial charge on any atom is -0.481 e. The molecule has 0 aliphatic carbocycles. The highest BCUT2D eigenvalue weighted by Crippen LogP contribution is 2.26. The molecule has 116 valence electrons.